The molecule has 1 unspecified atom stereocenters. The number of aromatic nitrogens is 5. The average Bonchev–Trinajstić information content (AvgIpc) is 3.77. The number of nitrogens with zero attached hydrogens (tertiary/aromatic N) is 5. The maximum Gasteiger partial charge on any atom is 0.337 e. The third-order valence-electron chi connectivity index (χ3n) is 11.2. The monoisotopic (exact) mass is 649 g/mol. The summed E-state index contributed by atoms with van der Waals surface area (Å²) in [6.07, 6.45) is 4.56. The molecule has 240 valence electrons. The van der Waals surface area contributed by atoms with Crippen LogP contribution in [0.3, 0.4) is 0 Å². The van der Waals surface area contributed by atoms with Gasteiger partial charge in [0, 0.05) is 22.4 Å². The zero-order valence-corrected chi connectivity index (χ0v) is 28.7. The summed E-state index contributed by atoms with van der Waals surface area (Å²) in [6.45, 7) is 11.3. The lowest BCUT2D eigenvalue weighted by Gasteiger charge is -2.35. The van der Waals surface area contributed by atoms with Crippen molar-refractivity contribution in [1.29, 1.82) is 0 Å². The van der Waals surface area contributed by atoms with E-state index in [-0.39, 0.29) is 5.41 Å². The van der Waals surface area contributed by atoms with E-state index in [0.717, 1.165) is 45.4 Å². The van der Waals surface area contributed by atoms with E-state index in [1.165, 1.54) is 49.6 Å². The minimum absolute atomic E-state index is 0.0328. The van der Waals surface area contributed by atoms with Crippen molar-refractivity contribution in [3.8, 4) is 45.4 Å². The molecule has 8 aromatic rings. The van der Waals surface area contributed by atoms with E-state index >= 15 is 0 Å². The average molecular weight is 650 g/mol. The number of pyridine rings is 1. The Hall–Kier alpha value is -6.01. The van der Waals surface area contributed by atoms with Crippen LogP contribution in [-0.4, -0.2) is 14.5 Å². The summed E-state index contributed by atoms with van der Waals surface area (Å²) in [5.74, 6) is 2.85. The van der Waals surface area contributed by atoms with E-state index in [4.69, 9.17) is 9.84 Å². The van der Waals surface area contributed by atoms with Gasteiger partial charge in [-0.1, -0.05) is 86.1 Å². The lowest BCUT2D eigenvalue weighted by molar-refractivity contribution is -0.995. The molecule has 0 saturated heterocycles. The molecule has 11 rings (SSSR count). The Morgan fingerprint density at radius 1 is 0.720 bits per heavy atom. The highest BCUT2D eigenvalue weighted by atomic mass is 16.5. The van der Waals surface area contributed by atoms with Crippen molar-refractivity contribution in [2.45, 2.75) is 45.7 Å². The molecule has 0 amide bonds. The van der Waals surface area contributed by atoms with E-state index in [1.807, 2.05) is 0 Å². The second-order valence-corrected chi connectivity index (χ2v) is 15.1. The van der Waals surface area contributed by atoms with Crippen LogP contribution in [0.2, 0.25) is 0 Å². The molecule has 0 saturated carbocycles. The summed E-state index contributed by atoms with van der Waals surface area (Å²) in [5, 5.41) is 7.89. The van der Waals surface area contributed by atoms with Crippen LogP contribution in [0.15, 0.2) is 122 Å². The molecule has 0 radical (unpaired) electrons. The smallest absolute Gasteiger partial charge is 0.337 e. The Bertz CT molecular complexity index is 2780. The minimum Gasteiger partial charge on any atom is -0.456 e. The molecule has 6 heteroatoms. The zero-order valence-electron chi connectivity index (χ0n) is 28.7. The fraction of sp³-hybridized carbons (Fsp3) is 0.159. The Morgan fingerprint density at radius 3 is 2.28 bits per heavy atom. The highest BCUT2D eigenvalue weighted by Gasteiger charge is 2.66. The standard InChI is InChI=1S/C44H35N5O/c1-26-22-29(28-12-7-6-8-13-28)23-27(2)39(26)33-25-47-44-40-35(49(47)45-33)16-11-17-36(40)50-37-19-18-32-31-14-9-10-15-34(31)48(42(32)41(37)44)38-24-30(43(3,4)5)20-21-46(38)44/h6-25H,1-5H3/q+2. The number of aryl methyl sites for hydroxylation is 2. The summed E-state index contributed by atoms with van der Waals surface area (Å²) in [6, 6.07) is 39.4. The van der Waals surface area contributed by atoms with Crippen molar-refractivity contribution in [3.05, 3.63) is 149 Å². The van der Waals surface area contributed by atoms with Gasteiger partial charge in [0.05, 0.1) is 11.3 Å². The van der Waals surface area contributed by atoms with Crippen molar-refractivity contribution in [1.82, 2.24) is 14.5 Å². The third-order valence-corrected chi connectivity index (χ3v) is 11.2. The van der Waals surface area contributed by atoms with Gasteiger partial charge in [0.1, 0.15) is 33.8 Å². The molecule has 50 heavy (non-hydrogen) atoms. The molecule has 0 fully saturated rings. The van der Waals surface area contributed by atoms with Crippen molar-refractivity contribution >= 4 is 21.8 Å². The summed E-state index contributed by atoms with van der Waals surface area (Å²) in [5.41, 5.74) is 13.1. The van der Waals surface area contributed by atoms with Gasteiger partial charge in [-0.2, -0.15) is 9.13 Å². The Labute approximate surface area is 290 Å². The lowest BCUT2D eigenvalue weighted by atomic mass is 9.83. The van der Waals surface area contributed by atoms with E-state index < -0.39 is 5.66 Å². The number of fused-ring (bicyclic) bond motifs is 7. The summed E-state index contributed by atoms with van der Waals surface area (Å²) in [7, 11) is 0. The predicted molar refractivity (Wildman–Crippen MR) is 195 cm³/mol. The molecule has 0 bridgehead atoms. The van der Waals surface area contributed by atoms with Crippen LogP contribution in [0.1, 0.15) is 48.6 Å². The molecule has 1 atom stereocenters. The minimum atomic E-state index is -0.772. The van der Waals surface area contributed by atoms with Gasteiger partial charge in [-0.25, -0.2) is 0 Å². The molecular formula is C44H35N5O+2. The first-order chi connectivity index (χ1) is 24.2. The van der Waals surface area contributed by atoms with Crippen molar-refractivity contribution in [3.63, 3.8) is 0 Å². The molecular weight excluding hydrogens is 615 g/mol. The van der Waals surface area contributed by atoms with Crippen molar-refractivity contribution in [2.75, 3.05) is 0 Å². The maximum absolute atomic E-state index is 6.85. The van der Waals surface area contributed by atoms with Crippen LogP contribution >= 0.6 is 0 Å². The first-order valence-corrected chi connectivity index (χ1v) is 17.4. The number of benzene rings is 5. The van der Waals surface area contributed by atoms with Gasteiger partial charge in [0.25, 0.3) is 5.82 Å². The summed E-state index contributed by atoms with van der Waals surface area (Å²) < 4.78 is 14.1. The van der Waals surface area contributed by atoms with Crippen LogP contribution in [-0.2, 0) is 11.1 Å². The van der Waals surface area contributed by atoms with Crippen LogP contribution in [0, 0.1) is 13.8 Å². The lowest BCUT2D eigenvalue weighted by Crippen LogP contribution is -2.76. The number of para-hydroxylation sites is 1. The molecule has 3 aliphatic heterocycles. The first kappa shape index (κ1) is 27.9. The number of rotatable bonds is 2. The van der Waals surface area contributed by atoms with Crippen LogP contribution in [0.25, 0.3) is 55.7 Å². The predicted octanol–water partition coefficient (Wildman–Crippen LogP) is 8.82. The summed E-state index contributed by atoms with van der Waals surface area (Å²) >= 11 is 0. The normalized spacial score (nSPS) is 16.3. The highest BCUT2D eigenvalue weighted by Crippen LogP contribution is 2.55. The van der Waals surface area contributed by atoms with Crippen LogP contribution in [0.4, 0.5) is 0 Å². The second kappa shape index (κ2) is 9.16. The molecule has 6 nitrogen and oxygen atoms in total. The molecule has 3 aromatic heterocycles. The van der Waals surface area contributed by atoms with Crippen LogP contribution in [0.5, 0.6) is 11.5 Å². The van der Waals surface area contributed by atoms with Crippen molar-refractivity contribution < 1.29 is 14.0 Å². The van der Waals surface area contributed by atoms with Gasteiger partial charge in [0.2, 0.25) is 5.69 Å². The molecule has 1 spiro atoms. The number of hydrogen-bond acceptors (Lipinski definition) is 2. The SMILES string of the molecule is Cc1cc(-c2ccccc2)cc(C)c1-c1c[n+]2n(n1)-c1cccc3c1C21c2c(ccc4c5ccccc5n(c24)-c2cc(C(C)(C)C)cc[n+]21)O3. The fourth-order valence-corrected chi connectivity index (χ4v) is 9.07. The number of ether oxygens (including phenoxy) is 1. The zero-order chi connectivity index (χ0) is 33.7. The third kappa shape index (κ3) is 3.27. The fourth-order valence-electron chi connectivity index (χ4n) is 9.07. The quantitative estimate of drug-likeness (QED) is 0.176. The largest absolute Gasteiger partial charge is 0.456 e. The highest BCUT2D eigenvalue weighted by molar-refractivity contribution is 6.11. The Kier molecular flexibility index (Phi) is 5.11. The van der Waals surface area contributed by atoms with Crippen molar-refractivity contribution in [2.24, 2.45) is 0 Å². The Balaban J connectivity index is 1.27. The van der Waals surface area contributed by atoms with Gasteiger partial charge in [0.15, 0.2) is 11.7 Å². The number of hydrogen-bond donors (Lipinski definition) is 0. The van der Waals surface area contributed by atoms with Gasteiger partial charge < -0.3 is 4.74 Å². The van der Waals surface area contributed by atoms with E-state index in [2.05, 4.69) is 175 Å². The van der Waals surface area contributed by atoms with Gasteiger partial charge in [-0.3, -0.25) is 0 Å². The van der Waals surface area contributed by atoms with Gasteiger partial charge in [-0.15, -0.1) is 0 Å². The van der Waals surface area contributed by atoms with E-state index in [1.54, 1.807) is 0 Å². The topological polar surface area (TPSA) is 39.7 Å². The molecule has 0 N–H and O–H groups in total. The maximum atomic E-state index is 6.85. The van der Waals surface area contributed by atoms with E-state index in [0.29, 0.717) is 0 Å². The van der Waals surface area contributed by atoms with Gasteiger partial charge in [-0.05, 0) is 94.3 Å². The van der Waals surface area contributed by atoms with Crippen LogP contribution < -0.4 is 14.0 Å². The second-order valence-electron chi connectivity index (χ2n) is 15.1. The first-order valence-electron chi connectivity index (χ1n) is 17.4. The van der Waals surface area contributed by atoms with E-state index in [9.17, 15) is 0 Å². The molecule has 6 heterocycles. The van der Waals surface area contributed by atoms with Gasteiger partial charge >= 0.3 is 5.66 Å². The molecule has 3 aliphatic rings. The molecule has 5 aromatic carbocycles. The molecule has 0 aliphatic carbocycles. The summed E-state index contributed by atoms with van der Waals surface area (Å²) in [4.78, 5) is 2.11. The Morgan fingerprint density at radius 2 is 1.48 bits per heavy atom.